The van der Waals surface area contributed by atoms with Gasteiger partial charge >= 0.3 is 6.09 Å². The SMILES string of the molecule is CC1CCC(O)(C(C(=O)N2CCC(NC(=O)O)CC2)c2cccc(Cl)c2)CC1. The first-order valence-corrected chi connectivity index (χ1v) is 10.4. The van der Waals surface area contributed by atoms with Gasteiger partial charge in [0, 0.05) is 24.2 Å². The molecule has 1 heterocycles. The fourth-order valence-corrected chi connectivity index (χ4v) is 4.72. The Morgan fingerprint density at radius 1 is 1.21 bits per heavy atom. The first kappa shape index (κ1) is 20.9. The number of halogens is 1. The lowest BCUT2D eigenvalue weighted by atomic mass is 9.69. The lowest BCUT2D eigenvalue weighted by molar-refractivity contribution is -0.143. The van der Waals surface area contributed by atoms with Gasteiger partial charge in [0.1, 0.15) is 0 Å². The monoisotopic (exact) mass is 408 g/mol. The second-order valence-corrected chi connectivity index (χ2v) is 8.76. The first-order valence-electron chi connectivity index (χ1n) is 10.0. The van der Waals surface area contributed by atoms with E-state index in [1.807, 2.05) is 12.1 Å². The number of hydrogen-bond acceptors (Lipinski definition) is 3. The maximum Gasteiger partial charge on any atom is 0.404 e. The zero-order valence-electron chi connectivity index (χ0n) is 16.2. The molecule has 1 aliphatic heterocycles. The van der Waals surface area contributed by atoms with Gasteiger partial charge in [0.25, 0.3) is 0 Å². The van der Waals surface area contributed by atoms with Crippen LogP contribution in [0.4, 0.5) is 4.79 Å². The predicted molar refractivity (Wildman–Crippen MR) is 108 cm³/mol. The number of nitrogens with zero attached hydrogens (tertiary/aromatic N) is 1. The van der Waals surface area contributed by atoms with Crippen LogP contribution in [0.25, 0.3) is 0 Å². The summed E-state index contributed by atoms with van der Waals surface area (Å²) in [6.07, 6.45) is 3.09. The third-order valence-electron chi connectivity index (χ3n) is 6.24. The molecule has 1 atom stereocenters. The quantitative estimate of drug-likeness (QED) is 0.709. The van der Waals surface area contributed by atoms with Crippen molar-refractivity contribution in [1.29, 1.82) is 0 Å². The smallest absolute Gasteiger partial charge is 0.404 e. The molecule has 1 saturated carbocycles. The summed E-state index contributed by atoms with van der Waals surface area (Å²) >= 11 is 6.18. The Morgan fingerprint density at radius 3 is 2.43 bits per heavy atom. The largest absolute Gasteiger partial charge is 0.465 e. The molecular weight excluding hydrogens is 380 g/mol. The van der Waals surface area contributed by atoms with Crippen LogP contribution in [0, 0.1) is 5.92 Å². The number of rotatable bonds is 4. The van der Waals surface area contributed by atoms with Crippen molar-refractivity contribution < 1.29 is 19.8 Å². The van der Waals surface area contributed by atoms with Crippen molar-refractivity contribution in [2.45, 2.75) is 63.0 Å². The molecule has 28 heavy (non-hydrogen) atoms. The Kier molecular flexibility index (Phi) is 6.50. The molecule has 0 radical (unpaired) electrons. The molecular formula is C21H29ClN2O4. The third-order valence-corrected chi connectivity index (χ3v) is 6.48. The third kappa shape index (κ3) is 4.78. The molecule has 1 saturated heterocycles. The van der Waals surface area contributed by atoms with Gasteiger partial charge in [-0.25, -0.2) is 4.79 Å². The highest BCUT2D eigenvalue weighted by molar-refractivity contribution is 6.30. The Morgan fingerprint density at radius 2 is 1.86 bits per heavy atom. The Balaban J connectivity index is 1.81. The maximum absolute atomic E-state index is 13.5. The van der Waals surface area contributed by atoms with Crippen LogP contribution in [0.3, 0.4) is 0 Å². The Labute approximate surface area is 170 Å². The van der Waals surface area contributed by atoms with Crippen molar-refractivity contribution in [1.82, 2.24) is 10.2 Å². The molecule has 1 aliphatic carbocycles. The molecule has 7 heteroatoms. The fraction of sp³-hybridized carbons (Fsp3) is 0.619. The number of carboxylic acid groups (broad SMARTS) is 1. The second kappa shape index (κ2) is 8.70. The van der Waals surface area contributed by atoms with Gasteiger partial charge < -0.3 is 20.4 Å². The summed E-state index contributed by atoms with van der Waals surface area (Å²) in [5, 5.41) is 23.4. The molecule has 0 spiro atoms. The van der Waals surface area contributed by atoms with Crippen LogP contribution >= 0.6 is 11.6 Å². The van der Waals surface area contributed by atoms with E-state index in [0.717, 1.165) is 18.4 Å². The van der Waals surface area contributed by atoms with E-state index < -0.39 is 17.6 Å². The summed E-state index contributed by atoms with van der Waals surface area (Å²) in [5.74, 6) is -0.191. The van der Waals surface area contributed by atoms with Gasteiger partial charge in [-0.1, -0.05) is 30.7 Å². The lowest BCUT2D eigenvalue weighted by Gasteiger charge is -2.43. The maximum atomic E-state index is 13.5. The molecule has 1 aromatic carbocycles. The highest BCUT2D eigenvalue weighted by atomic mass is 35.5. The fourth-order valence-electron chi connectivity index (χ4n) is 4.52. The summed E-state index contributed by atoms with van der Waals surface area (Å²) in [4.78, 5) is 26.1. The van der Waals surface area contributed by atoms with Gasteiger partial charge in [0.2, 0.25) is 5.91 Å². The topological polar surface area (TPSA) is 89.9 Å². The lowest BCUT2D eigenvalue weighted by Crippen LogP contribution is -2.52. The molecule has 0 aromatic heterocycles. The van der Waals surface area contributed by atoms with E-state index in [1.165, 1.54) is 0 Å². The number of aliphatic hydroxyl groups is 1. The Hall–Kier alpha value is -1.79. The van der Waals surface area contributed by atoms with E-state index in [-0.39, 0.29) is 11.9 Å². The molecule has 1 unspecified atom stereocenters. The molecule has 3 N–H and O–H groups in total. The Bertz CT molecular complexity index is 710. The van der Waals surface area contributed by atoms with Crippen LogP contribution in [0.15, 0.2) is 24.3 Å². The van der Waals surface area contributed by atoms with Crippen molar-refractivity contribution in [3.8, 4) is 0 Å². The van der Waals surface area contributed by atoms with E-state index in [2.05, 4.69) is 12.2 Å². The minimum Gasteiger partial charge on any atom is -0.465 e. The van der Waals surface area contributed by atoms with Gasteiger partial charge in [-0.15, -0.1) is 0 Å². The van der Waals surface area contributed by atoms with Gasteiger partial charge in [0.15, 0.2) is 0 Å². The number of likely N-dealkylation sites (tertiary alicyclic amines) is 1. The predicted octanol–water partition coefficient (Wildman–Crippen LogP) is 3.62. The minimum atomic E-state index is -1.08. The summed E-state index contributed by atoms with van der Waals surface area (Å²) < 4.78 is 0. The van der Waals surface area contributed by atoms with Crippen LogP contribution in [-0.2, 0) is 4.79 Å². The van der Waals surface area contributed by atoms with Crippen molar-refractivity contribution >= 4 is 23.6 Å². The summed E-state index contributed by atoms with van der Waals surface area (Å²) in [6, 6.07) is 7.09. The molecule has 6 nitrogen and oxygen atoms in total. The summed E-state index contributed by atoms with van der Waals surface area (Å²) in [6.45, 7) is 3.14. The summed E-state index contributed by atoms with van der Waals surface area (Å²) in [7, 11) is 0. The number of carbonyl (C=O) groups is 2. The summed E-state index contributed by atoms with van der Waals surface area (Å²) in [5.41, 5.74) is -0.329. The van der Waals surface area contributed by atoms with Crippen LogP contribution < -0.4 is 5.32 Å². The van der Waals surface area contributed by atoms with Crippen LogP contribution in [0.2, 0.25) is 5.02 Å². The van der Waals surface area contributed by atoms with Gasteiger partial charge in [0.05, 0.1) is 11.5 Å². The van der Waals surface area contributed by atoms with Gasteiger partial charge in [-0.3, -0.25) is 4.79 Å². The van der Waals surface area contributed by atoms with Gasteiger partial charge in [-0.2, -0.15) is 0 Å². The van der Waals surface area contributed by atoms with E-state index in [9.17, 15) is 14.7 Å². The van der Waals surface area contributed by atoms with Crippen LogP contribution in [-0.4, -0.2) is 51.8 Å². The van der Waals surface area contributed by atoms with Crippen LogP contribution in [0.1, 0.15) is 56.9 Å². The van der Waals surface area contributed by atoms with E-state index in [0.29, 0.717) is 49.7 Å². The van der Waals surface area contributed by atoms with Crippen molar-refractivity contribution in [3.63, 3.8) is 0 Å². The first-order chi connectivity index (χ1) is 13.3. The molecule has 1 aromatic rings. The highest BCUT2D eigenvalue weighted by Gasteiger charge is 2.46. The number of amides is 2. The molecule has 0 bridgehead atoms. The number of hydrogen-bond donors (Lipinski definition) is 3. The van der Waals surface area contributed by atoms with E-state index >= 15 is 0 Å². The van der Waals surface area contributed by atoms with Gasteiger partial charge in [-0.05, 0) is 62.1 Å². The average molecular weight is 409 g/mol. The van der Waals surface area contributed by atoms with Crippen molar-refractivity contribution in [3.05, 3.63) is 34.9 Å². The van der Waals surface area contributed by atoms with E-state index in [1.54, 1.807) is 17.0 Å². The normalized spacial score (nSPS) is 27.2. The minimum absolute atomic E-state index is 0.0897. The number of nitrogens with one attached hydrogen (secondary N) is 1. The van der Waals surface area contributed by atoms with Crippen molar-refractivity contribution in [2.75, 3.05) is 13.1 Å². The van der Waals surface area contributed by atoms with Crippen molar-refractivity contribution in [2.24, 2.45) is 5.92 Å². The molecule has 2 amide bonds. The standard InChI is InChI=1S/C21H29ClN2O4/c1-14-5-9-21(28,10-6-14)18(15-3-2-4-16(22)13-15)19(25)24-11-7-17(8-12-24)23-20(26)27/h2-4,13-14,17-18,23,28H,5-12H2,1H3,(H,26,27). The van der Waals surface area contributed by atoms with E-state index in [4.69, 9.17) is 16.7 Å². The van der Waals surface area contributed by atoms with Crippen LogP contribution in [0.5, 0.6) is 0 Å². The highest BCUT2D eigenvalue weighted by Crippen LogP contribution is 2.43. The zero-order valence-corrected chi connectivity index (χ0v) is 17.0. The number of benzene rings is 1. The molecule has 2 fully saturated rings. The number of carbonyl (C=O) groups excluding carboxylic acids is 1. The average Bonchev–Trinajstić information content (AvgIpc) is 2.65. The molecule has 2 aliphatic rings. The second-order valence-electron chi connectivity index (χ2n) is 8.32. The molecule has 154 valence electrons. The molecule has 3 rings (SSSR count). The number of piperidine rings is 1. The zero-order chi connectivity index (χ0) is 20.3.